The van der Waals surface area contributed by atoms with Gasteiger partial charge in [-0.2, -0.15) is 5.10 Å². The second kappa shape index (κ2) is 5.21. The molecule has 0 heterocycles. The first-order valence-electron chi connectivity index (χ1n) is 4.36. The van der Waals surface area contributed by atoms with Crippen molar-refractivity contribution in [3.8, 4) is 0 Å². The van der Waals surface area contributed by atoms with E-state index in [-0.39, 0.29) is 5.82 Å². The third kappa shape index (κ3) is 3.86. The quantitative estimate of drug-likeness (QED) is 0.568. The molecule has 0 bridgehead atoms. The summed E-state index contributed by atoms with van der Waals surface area (Å²) in [6, 6.07) is 5.62. The van der Waals surface area contributed by atoms with E-state index in [0.717, 1.165) is 0 Å². The SMILES string of the molecule is C[C@H](O)C(=O)N/N=C\c1ccc(F)cc1. The summed E-state index contributed by atoms with van der Waals surface area (Å²) in [6.07, 6.45) is 0.259. The van der Waals surface area contributed by atoms with Crippen molar-refractivity contribution >= 4 is 12.1 Å². The number of rotatable bonds is 3. The summed E-state index contributed by atoms with van der Waals surface area (Å²) in [4.78, 5) is 10.9. The van der Waals surface area contributed by atoms with Crippen LogP contribution in [0.5, 0.6) is 0 Å². The fourth-order valence-electron chi connectivity index (χ4n) is 0.813. The molecule has 4 nitrogen and oxygen atoms in total. The first-order chi connectivity index (χ1) is 7.09. The lowest BCUT2D eigenvalue weighted by Crippen LogP contribution is -2.28. The number of benzene rings is 1. The Bertz CT molecular complexity index is 360. The minimum atomic E-state index is -1.10. The van der Waals surface area contributed by atoms with Gasteiger partial charge in [-0.25, -0.2) is 9.82 Å². The molecule has 15 heavy (non-hydrogen) atoms. The number of aliphatic hydroxyl groups is 1. The maximum Gasteiger partial charge on any atom is 0.268 e. The summed E-state index contributed by atoms with van der Waals surface area (Å²) in [6.45, 7) is 1.34. The Morgan fingerprint density at radius 2 is 2.13 bits per heavy atom. The van der Waals surface area contributed by atoms with Crippen LogP contribution in [0.3, 0.4) is 0 Å². The largest absolute Gasteiger partial charge is 0.383 e. The van der Waals surface area contributed by atoms with Crippen LogP contribution in [-0.2, 0) is 4.79 Å². The number of hydrazone groups is 1. The molecule has 1 aromatic rings. The topological polar surface area (TPSA) is 61.7 Å². The van der Waals surface area contributed by atoms with Crippen molar-refractivity contribution in [3.05, 3.63) is 35.6 Å². The molecule has 1 rings (SSSR count). The second-order valence-electron chi connectivity index (χ2n) is 2.96. The van der Waals surface area contributed by atoms with Crippen LogP contribution in [0, 0.1) is 5.82 Å². The highest BCUT2D eigenvalue weighted by Crippen LogP contribution is 1.99. The van der Waals surface area contributed by atoms with Crippen molar-refractivity contribution in [1.82, 2.24) is 5.43 Å². The normalized spacial score (nSPS) is 12.7. The first-order valence-corrected chi connectivity index (χ1v) is 4.36. The van der Waals surface area contributed by atoms with E-state index in [0.29, 0.717) is 5.56 Å². The van der Waals surface area contributed by atoms with E-state index >= 15 is 0 Å². The van der Waals surface area contributed by atoms with Crippen molar-refractivity contribution in [3.63, 3.8) is 0 Å². The maximum atomic E-state index is 12.5. The number of carbonyl (C=O) groups excluding carboxylic acids is 1. The standard InChI is InChI=1S/C10H11FN2O2/c1-7(14)10(15)13-12-6-8-2-4-9(11)5-3-8/h2-7,14H,1H3,(H,13,15)/b12-6-/t7-/m0/s1. The summed E-state index contributed by atoms with van der Waals surface area (Å²) >= 11 is 0. The lowest BCUT2D eigenvalue weighted by atomic mass is 10.2. The third-order valence-corrected chi connectivity index (χ3v) is 1.64. The Labute approximate surface area is 86.4 Å². The number of hydrogen-bond acceptors (Lipinski definition) is 3. The summed E-state index contributed by atoms with van der Waals surface area (Å²) in [5.41, 5.74) is 2.79. The Balaban J connectivity index is 2.51. The zero-order chi connectivity index (χ0) is 11.3. The summed E-state index contributed by atoms with van der Waals surface area (Å²) < 4.78 is 12.5. The molecule has 0 aromatic heterocycles. The fraction of sp³-hybridized carbons (Fsp3) is 0.200. The Morgan fingerprint density at radius 1 is 1.53 bits per heavy atom. The number of hydrogen-bond donors (Lipinski definition) is 2. The van der Waals surface area contributed by atoms with Crippen molar-refractivity contribution in [2.75, 3.05) is 0 Å². The van der Waals surface area contributed by atoms with Crippen LogP contribution < -0.4 is 5.43 Å². The van der Waals surface area contributed by atoms with E-state index < -0.39 is 12.0 Å². The van der Waals surface area contributed by atoms with E-state index in [2.05, 4.69) is 10.5 Å². The minimum Gasteiger partial charge on any atom is -0.383 e. The highest BCUT2D eigenvalue weighted by atomic mass is 19.1. The molecule has 0 aliphatic rings. The smallest absolute Gasteiger partial charge is 0.268 e. The number of carbonyl (C=O) groups is 1. The van der Waals surface area contributed by atoms with Crippen molar-refractivity contribution in [2.45, 2.75) is 13.0 Å². The van der Waals surface area contributed by atoms with Crippen LogP contribution in [-0.4, -0.2) is 23.3 Å². The number of amides is 1. The number of halogens is 1. The van der Waals surface area contributed by atoms with Crippen LogP contribution in [0.1, 0.15) is 12.5 Å². The maximum absolute atomic E-state index is 12.5. The van der Waals surface area contributed by atoms with Gasteiger partial charge in [0.2, 0.25) is 0 Å². The molecular weight excluding hydrogens is 199 g/mol. The van der Waals surface area contributed by atoms with Gasteiger partial charge < -0.3 is 5.11 Å². The van der Waals surface area contributed by atoms with Crippen LogP contribution in [0.15, 0.2) is 29.4 Å². The first kappa shape index (κ1) is 11.3. The van der Waals surface area contributed by atoms with E-state index in [1.54, 1.807) is 0 Å². The molecule has 0 spiro atoms. The lowest BCUT2D eigenvalue weighted by Gasteiger charge is -2.00. The predicted octanol–water partition coefficient (Wildman–Crippen LogP) is 0.657. The zero-order valence-electron chi connectivity index (χ0n) is 8.14. The van der Waals surface area contributed by atoms with E-state index in [1.165, 1.54) is 37.4 Å². The molecule has 1 atom stereocenters. The van der Waals surface area contributed by atoms with Gasteiger partial charge in [0.25, 0.3) is 5.91 Å². The molecule has 0 radical (unpaired) electrons. The summed E-state index contributed by atoms with van der Waals surface area (Å²) in [5, 5.41) is 12.4. The average Bonchev–Trinajstić information content (AvgIpc) is 2.20. The predicted molar refractivity (Wildman–Crippen MR) is 53.8 cm³/mol. The average molecular weight is 210 g/mol. The van der Waals surface area contributed by atoms with Gasteiger partial charge in [-0.3, -0.25) is 4.79 Å². The van der Waals surface area contributed by atoms with E-state index in [1.807, 2.05) is 0 Å². The number of nitrogens with zero attached hydrogens (tertiary/aromatic N) is 1. The molecule has 80 valence electrons. The van der Waals surface area contributed by atoms with Crippen LogP contribution in [0.25, 0.3) is 0 Å². The van der Waals surface area contributed by atoms with Crippen LogP contribution >= 0.6 is 0 Å². The Hall–Kier alpha value is -1.75. The molecule has 0 aliphatic heterocycles. The highest BCUT2D eigenvalue weighted by molar-refractivity contribution is 5.83. The molecule has 0 fully saturated rings. The monoisotopic (exact) mass is 210 g/mol. The van der Waals surface area contributed by atoms with E-state index in [9.17, 15) is 9.18 Å². The van der Waals surface area contributed by atoms with Gasteiger partial charge in [-0.05, 0) is 24.6 Å². The van der Waals surface area contributed by atoms with Crippen molar-refractivity contribution < 1.29 is 14.3 Å². The fourth-order valence-corrected chi connectivity index (χ4v) is 0.813. The minimum absolute atomic E-state index is 0.333. The van der Waals surface area contributed by atoms with Crippen molar-refractivity contribution in [1.29, 1.82) is 0 Å². The van der Waals surface area contributed by atoms with Crippen molar-refractivity contribution in [2.24, 2.45) is 5.10 Å². The van der Waals surface area contributed by atoms with Gasteiger partial charge in [0.15, 0.2) is 0 Å². The summed E-state index contributed by atoms with van der Waals surface area (Å²) in [7, 11) is 0. The number of aliphatic hydroxyl groups excluding tert-OH is 1. The third-order valence-electron chi connectivity index (χ3n) is 1.64. The molecule has 0 saturated heterocycles. The molecule has 1 amide bonds. The van der Waals surface area contributed by atoms with Gasteiger partial charge in [0.05, 0.1) is 6.21 Å². The Kier molecular flexibility index (Phi) is 3.93. The zero-order valence-corrected chi connectivity index (χ0v) is 8.14. The van der Waals surface area contributed by atoms with Gasteiger partial charge in [-0.1, -0.05) is 12.1 Å². The van der Waals surface area contributed by atoms with Crippen LogP contribution in [0.2, 0.25) is 0 Å². The van der Waals surface area contributed by atoms with Gasteiger partial charge in [-0.15, -0.1) is 0 Å². The van der Waals surface area contributed by atoms with Crippen LogP contribution in [0.4, 0.5) is 4.39 Å². The van der Waals surface area contributed by atoms with E-state index in [4.69, 9.17) is 5.11 Å². The second-order valence-corrected chi connectivity index (χ2v) is 2.96. The Morgan fingerprint density at radius 3 is 2.67 bits per heavy atom. The van der Waals surface area contributed by atoms with Gasteiger partial charge >= 0.3 is 0 Å². The highest BCUT2D eigenvalue weighted by Gasteiger charge is 2.05. The molecule has 5 heteroatoms. The molecule has 1 aromatic carbocycles. The molecular formula is C10H11FN2O2. The van der Waals surface area contributed by atoms with Gasteiger partial charge in [0.1, 0.15) is 11.9 Å². The summed E-state index contributed by atoms with van der Waals surface area (Å²) in [5.74, 6) is -0.923. The number of nitrogens with one attached hydrogen (secondary N) is 1. The molecule has 0 aliphatic carbocycles. The molecule has 0 unspecified atom stereocenters. The lowest BCUT2D eigenvalue weighted by molar-refractivity contribution is -0.128. The molecule has 2 N–H and O–H groups in total. The van der Waals surface area contributed by atoms with Gasteiger partial charge in [0, 0.05) is 0 Å². The molecule has 0 saturated carbocycles.